The summed E-state index contributed by atoms with van der Waals surface area (Å²) < 4.78 is 11.0. The van der Waals surface area contributed by atoms with E-state index < -0.39 is 5.97 Å². The third-order valence-corrected chi connectivity index (χ3v) is 3.06. The van der Waals surface area contributed by atoms with Gasteiger partial charge in [0, 0.05) is 12.1 Å². The Balaban J connectivity index is 2.37. The number of anilines is 1. The molecule has 0 saturated heterocycles. The van der Waals surface area contributed by atoms with Crippen LogP contribution in [0.5, 0.6) is 11.5 Å². The van der Waals surface area contributed by atoms with Crippen LogP contribution in [-0.2, 0) is 0 Å². The first-order valence-corrected chi connectivity index (χ1v) is 7.49. The Morgan fingerprint density at radius 3 is 2.46 bits per heavy atom. The highest BCUT2D eigenvalue weighted by molar-refractivity contribution is 5.88. The molecule has 2 aromatic carbocycles. The number of hydrogen-bond acceptors (Lipinski definition) is 6. The fourth-order valence-electron chi connectivity index (χ4n) is 2.01. The summed E-state index contributed by atoms with van der Waals surface area (Å²) in [5.41, 5.74) is 7.40. The van der Waals surface area contributed by atoms with E-state index in [4.69, 9.17) is 20.3 Å². The molecule has 24 heavy (non-hydrogen) atoms. The van der Waals surface area contributed by atoms with E-state index in [-0.39, 0.29) is 5.56 Å². The Kier molecular flexibility index (Phi) is 5.73. The molecule has 0 bridgehead atoms. The average Bonchev–Trinajstić information content (AvgIpc) is 2.56. The molecule has 7 heteroatoms. The van der Waals surface area contributed by atoms with Crippen LogP contribution in [0.15, 0.2) is 46.6 Å². The molecule has 0 unspecified atom stereocenters. The van der Waals surface area contributed by atoms with Crippen LogP contribution < -0.4 is 15.2 Å². The van der Waals surface area contributed by atoms with Gasteiger partial charge in [0.1, 0.15) is 17.2 Å². The number of ether oxygens (including phenoxy) is 2. The van der Waals surface area contributed by atoms with E-state index in [1.54, 1.807) is 24.3 Å². The summed E-state index contributed by atoms with van der Waals surface area (Å²) in [6.45, 7) is 4.62. The smallest absolute Gasteiger partial charge is 0.335 e. The van der Waals surface area contributed by atoms with Crippen LogP contribution in [0.1, 0.15) is 24.2 Å². The number of carbonyl (C=O) groups is 1. The summed E-state index contributed by atoms with van der Waals surface area (Å²) in [5.74, 6) is -0.0426. The van der Waals surface area contributed by atoms with Crippen molar-refractivity contribution in [3.05, 3.63) is 42.0 Å². The fourth-order valence-corrected chi connectivity index (χ4v) is 2.01. The Labute approximate surface area is 139 Å². The first-order chi connectivity index (χ1) is 11.5. The van der Waals surface area contributed by atoms with Gasteiger partial charge in [-0.2, -0.15) is 5.11 Å². The van der Waals surface area contributed by atoms with Crippen molar-refractivity contribution in [1.29, 1.82) is 0 Å². The van der Waals surface area contributed by atoms with Crippen molar-refractivity contribution < 1.29 is 19.4 Å². The molecule has 0 aliphatic carbocycles. The fraction of sp³-hybridized carbons (Fsp3) is 0.235. The Morgan fingerprint density at radius 1 is 1.08 bits per heavy atom. The first-order valence-electron chi connectivity index (χ1n) is 7.49. The molecule has 0 saturated carbocycles. The molecule has 0 amide bonds. The molecular weight excluding hydrogens is 310 g/mol. The topological polar surface area (TPSA) is 106 Å². The number of hydrogen-bond donors (Lipinski definition) is 2. The second-order valence-electron chi connectivity index (χ2n) is 4.78. The number of nitrogens with zero attached hydrogens (tertiary/aromatic N) is 2. The SMILES string of the molecule is CCOc1cc(N=Nc2cccc(C(=O)O)c2)c(OCC)cc1N. The molecule has 0 fully saturated rings. The number of aromatic carboxylic acids is 1. The highest BCUT2D eigenvalue weighted by Crippen LogP contribution is 2.37. The molecule has 0 aromatic heterocycles. The van der Waals surface area contributed by atoms with Crippen LogP contribution in [0, 0.1) is 0 Å². The summed E-state index contributed by atoms with van der Waals surface area (Å²) in [7, 11) is 0. The summed E-state index contributed by atoms with van der Waals surface area (Å²) in [4.78, 5) is 11.0. The second-order valence-corrected chi connectivity index (χ2v) is 4.78. The maximum Gasteiger partial charge on any atom is 0.335 e. The lowest BCUT2D eigenvalue weighted by Gasteiger charge is -2.11. The van der Waals surface area contributed by atoms with E-state index in [0.29, 0.717) is 41.8 Å². The van der Waals surface area contributed by atoms with Crippen LogP contribution in [0.4, 0.5) is 17.1 Å². The molecule has 0 radical (unpaired) electrons. The van der Waals surface area contributed by atoms with Gasteiger partial charge in [-0.3, -0.25) is 0 Å². The number of nitrogen functional groups attached to an aromatic ring is 1. The van der Waals surface area contributed by atoms with E-state index in [0.717, 1.165) is 0 Å². The maximum absolute atomic E-state index is 11.0. The average molecular weight is 329 g/mol. The van der Waals surface area contributed by atoms with E-state index in [1.807, 2.05) is 13.8 Å². The Hall–Kier alpha value is -3.09. The number of benzene rings is 2. The number of carboxylic acids is 1. The Bertz CT molecular complexity index is 759. The van der Waals surface area contributed by atoms with Crippen LogP contribution >= 0.6 is 0 Å². The molecule has 0 aliphatic heterocycles. The maximum atomic E-state index is 11.0. The lowest BCUT2D eigenvalue weighted by atomic mass is 10.2. The zero-order valence-corrected chi connectivity index (χ0v) is 13.5. The minimum absolute atomic E-state index is 0.142. The third-order valence-electron chi connectivity index (χ3n) is 3.06. The van der Waals surface area contributed by atoms with Crippen molar-refractivity contribution in [2.75, 3.05) is 18.9 Å². The molecule has 3 N–H and O–H groups in total. The first kappa shape index (κ1) is 17.3. The zero-order chi connectivity index (χ0) is 17.5. The van der Waals surface area contributed by atoms with Gasteiger partial charge in [-0.25, -0.2) is 4.79 Å². The van der Waals surface area contributed by atoms with Crippen LogP contribution in [-0.4, -0.2) is 24.3 Å². The minimum atomic E-state index is -1.02. The van der Waals surface area contributed by atoms with Crippen molar-refractivity contribution >= 4 is 23.0 Å². The molecule has 0 spiro atoms. The molecule has 2 aromatic rings. The molecule has 0 aliphatic rings. The van der Waals surface area contributed by atoms with Crippen molar-refractivity contribution in [3.8, 4) is 11.5 Å². The van der Waals surface area contributed by atoms with Gasteiger partial charge < -0.3 is 20.3 Å². The molecule has 0 atom stereocenters. The van der Waals surface area contributed by atoms with Gasteiger partial charge >= 0.3 is 5.97 Å². The standard InChI is InChI=1S/C17H19N3O4/c1-3-23-15-10-14(16(24-4-2)9-13(15)18)20-19-12-7-5-6-11(8-12)17(21)22/h5-10H,3-4,18H2,1-2H3,(H,21,22). The molecule has 0 heterocycles. The minimum Gasteiger partial charge on any atom is -0.492 e. The summed E-state index contributed by atoms with van der Waals surface area (Å²) in [6, 6.07) is 9.48. The third kappa shape index (κ3) is 4.22. The van der Waals surface area contributed by atoms with Crippen molar-refractivity contribution in [1.82, 2.24) is 0 Å². The monoisotopic (exact) mass is 329 g/mol. The van der Waals surface area contributed by atoms with Crippen molar-refractivity contribution in [3.63, 3.8) is 0 Å². The number of carboxylic acid groups (broad SMARTS) is 1. The van der Waals surface area contributed by atoms with E-state index in [9.17, 15) is 4.79 Å². The molecule has 7 nitrogen and oxygen atoms in total. The van der Waals surface area contributed by atoms with Crippen molar-refractivity contribution in [2.45, 2.75) is 13.8 Å². The predicted molar refractivity (Wildman–Crippen MR) is 90.8 cm³/mol. The Morgan fingerprint density at radius 2 is 1.79 bits per heavy atom. The summed E-state index contributed by atoms with van der Waals surface area (Å²) in [6.07, 6.45) is 0. The quantitative estimate of drug-likeness (QED) is 0.585. The van der Waals surface area contributed by atoms with E-state index in [2.05, 4.69) is 10.2 Å². The van der Waals surface area contributed by atoms with E-state index in [1.165, 1.54) is 12.1 Å². The normalized spacial score (nSPS) is 10.8. The zero-order valence-electron chi connectivity index (χ0n) is 13.5. The molecule has 126 valence electrons. The van der Waals surface area contributed by atoms with E-state index >= 15 is 0 Å². The van der Waals surface area contributed by atoms with Crippen LogP contribution in [0.2, 0.25) is 0 Å². The van der Waals surface area contributed by atoms with Crippen LogP contribution in [0.25, 0.3) is 0 Å². The highest BCUT2D eigenvalue weighted by atomic mass is 16.5. The van der Waals surface area contributed by atoms with Gasteiger partial charge in [0.15, 0.2) is 0 Å². The van der Waals surface area contributed by atoms with Gasteiger partial charge in [0.05, 0.1) is 30.2 Å². The van der Waals surface area contributed by atoms with Gasteiger partial charge in [-0.15, -0.1) is 5.11 Å². The van der Waals surface area contributed by atoms with Crippen LogP contribution in [0.3, 0.4) is 0 Å². The molecule has 2 rings (SSSR count). The summed E-state index contributed by atoms with van der Waals surface area (Å²) >= 11 is 0. The largest absolute Gasteiger partial charge is 0.492 e. The molecular formula is C17H19N3O4. The lowest BCUT2D eigenvalue weighted by molar-refractivity contribution is 0.0697. The van der Waals surface area contributed by atoms with Gasteiger partial charge in [0.25, 0.3) is 0 Å². The lowest BCUT2D eigenvalue weighted by Crippen LogP contribution is -1.99. The number of rotatable bonds is 7. The summed E-state index contributed by atoms with van der Waals surface area (Å²) in [5, 5.41) is 17.2. The number of azo groups is 1. The predicted octanol–water partition coefficient (Wildman–Crippen LogP) is 4.18. The van der Waals surface area contributed by atoms with Gasteiger partial charge in [0.2, 0.25) is 0 Å². The van der Waals surface area contributed by atoms with Gasteiger partial charge in [-0.05, 0) is 32.0 Å². The van der Waals surface area contributed by atoms with Crippen molar-refractivity contribution in [2.24, 2.45) is 10.2 Å². The number of nitrogens with two attached hydrogens (primary N) is 1. The second kappa shape index (κ2) is 7.96. The van der Waals surface area contributed by atoms with Gasteiger partial charge in [-0.1, -0.05) is 6.07 Å². The highest BCUT2D eigenvalue weighted by Gasteiger charge is 2.10.